The van der Waals surface area contributed by atoms with Crippen molar-refractivity contribution in [1.29, 1.82) is 0 Å². The minimum absolute atomic E-state index is 0.459. The summed E-state index contributed by atoms with van der Waals surface area (Å²) in [5.41, 5.74) is 10.2. The second-order valence-electron chi connectivity index (χ2n) is 4.78. The van der Waals surface area contributed by atoms with E-state index in [1.54, 1.807) is 0 Å². The highest BCUT2D eigenvalue weighted by atomic mass is 16.4. The summed E-state index contributed by atoms with van der Waals surface area (Å²) < 4.78 is 5.63. The van der Waals surface area contributed by atoms with Gasteiger partial charge in [0.05, 0.1) is 5.69 Å². The van der Waals surface area contributed by atoms with Crippen LogP contribution in [0.3, 0.4) is 0 Å². The first-order chi connectivity index (χ1) is 9.76. The molecular formula is C16H17N3O. The summed E-state index contributed by atoms with van der Waals surface area (Å²) in [6.45, 7) is 2.18. The Morgan fingerprint density at radius 1 is 1.15 bits per heavy atom. The van der Waals surface area contributed by atoms with E-state index in [1.807, 2.05) is 30.3 Å². The summed E-state index contributed by atoms with van der Waals surface area (Å²) in [7, 11) is 0. The molecule has 0 aliphatic rings. The van der Waals surface area contributed by atoms with Gasteiger partial charge in [0.15, 0.2) is 5.58 Å². The molecule has 2 aromatic carbocycles. The first-order valence-electron chi connectivity index (χ1n) is 6.77. The van der Waals surface area contributed by atoms with Crippen molar-refractivity contribution in [3.05, 3.63) is 48.0 Å². The molecule has 4 nitrogen and oxygen atoms in total. The maximum atomic E-state index is 5.87. The van der Waals surface area contributed by atoms with E-state index in [4.69, 9.17) is 10.2 Å². The van der Waals surface area contributed by atoms with Crippen LogP contribution < -0.4 is 11.1 Å². The molecule has 0 aliphatic carbocycles. The second-order valence-corrected chi connectivity index (χ2v) is 4.78. The number of nitrogens with two attached hydrogens (primary N) is 1. The Labute approximate surface area is 117 Å². The fourth-order valence-electron chi connectivity index (χ4n) is 2.19. The van der Waals surface area contributed by atoms with Crippen molar-refractivity contribution >= 4 is 28.5 Å². The van der Waals surface area contributed by atoms with Gasteiger partial charge in [0, 0.05) is 5.69 Å². The molecule has 0 aliphatic heterocycles. The Morgan fingerprint density at radius 3 is 2.65 bits per heavy atom. The standard InChI is InChI=1S/C16H17N3O/c1-2-4-11-7-9-12(10-8-11)18-16-19-15-13(17)5-3-6-14(15)20-16/h3,5-10H,2,4,17H2,1H3,(H,18,19). The lowest BCUT2D eigenvalue weighted by Crippen LogP contribution is -1.91. The monoisotopic (exact) mass is 267 g/mol. The molecule has 3 rings (SSSR count). The second kappa shape index (κ2) is 5.25. The first-order valence-corrected chi connectivity index (χ1v) is 6.77. The lowest BCUT2D eigenvalue weighted by atomic mass is 10.1. The van der Waals surface area contributed by atoms with Crippen molar-refractivity contribution in [2.45, 2.75) is 19.8 Å². The minimum Gasteiger partial charge on any atom is -0.423 e. The number of para-hydroxylation sites is 1. The number of nitrogens with zero attached hydrogens (tertiary/aromatic N) is 1. The number of anilines is 3. The van der Waals surface area contributed by atoms with E-state index in [9.17, 15) is 0 Å². The van der Waals surface area contributed by atoms with Crippen LogP contribution in [0.15, 0.2) is 46.9 Å². The number of hydrogen-bond donors (Lipinski definition) is 2. The van der Waals surface area contributed by atoms with Gasteiger partial charge in [-0.15, -0.1) is 0 Å². The van der Waals surface area contributed by atoms with Crippen molar-refractivity contribution in [1.82, 2.24) is 4.98 Å². The van der Waals surface area contributed by atoms with Gasteiger partial charge in [0.1, 0.15) is 5.52 Å². The molecule has 0 atom stereocenters. The van der Waals surface area contributed by atoms with Gasteiger partial charge < -0.3 is 15.5 Å². The summed E-state index contributed by atoms with van der Waals surface area (Å²) in [4.78, 5) is 4.36. The SMILES string of the molecule is CCCc1ccc(Nc2nc3c(N)cccc3o2)cc1. The molecule has 1 heterocycles. The van der Waals surface area contributed by atoms with E-state index >= 15 is 0 Å². The largest absolute Gasteiger partial charge is 0.423 e. The first kappa shape index (κ1) is 12.5. The van der Waals surface area contributed by atoms with Crippen LogP contribution in [0.2, 0.25) is 0 Å². The van der Waals surface area contributed by atoms with Crippen LogP contribution in [0.5, 0.6) is 0 Å². The molecule has 20 heavy (non-hydrogen) atoms. The number of benzene rings is 2. The molecule has 0 unspecified atom stereocenters. The Bertz CT molecular complexity index is 716. The average Bonchev–Trinajstić information content (AvgIpc) is 2.85. The number of oxazole rings is 1. The topological polar surface area (TPSA) is 64.1 Å². The van der Waals surface area contributed by atoms with Crippen molar-refractivity contribution in [3.63, 3.8) is 0 Å². The summed E-state index contributed by atoms with van der Waals surface area (Å²) in [5.74, 6) is 0. The van der Waals surface area contributed by atoms with Gasteiger partial charge in [-0.2, -0.15) is 4.98 Å². The lowest BCUT2D eigenvalue weighted by molar-refractivity contribution is 0.623. The van der Waals surface area contributed by atoms with Gasteiger partial charge in [-0.25, -0.2) is 0 Å². The molecule has 1 aromatic heterocycles. The molecule has 3 aromatic rings. The smallest absolute Gasteiger partial charge is 0.300 e. The Kier molecular flexibility index (Phi) is 3.29. The molecule has 0 fully saturated rings. The summed E-state index contributed by atoms with van der Waals surface area (Å²) in [6.07, 6.45) is 2.25. The average molecular weight is 267 g/mol. The third kappa shape index (κ3) is 2.45. The molecule has 0 bridgehead atoms. The van der Waals surface area contributed by atoms with Crippen LogP contribution in [0, 0.1) is 0 Å². The number of nitrogens with one attached hydrogen (secondary N) is 1. The predicted octanol–water partition coefficient (Wildman–Crippen LogP) is 4.11. The summed E-state index contributed by atoms with van der Waals surface area (Å²) in [5, 5.41) is 3.16. The zero-order valence-corrected chi connectivity index (χ0v) is 11.4. The normalized spacial score (nSPS) is 10.8. The van der Waals surface area contributed by atoms with Gasteiger partial charge in [-0.1, -0.05) is 31.5 Å². The number of rotatable bonds is 4. The van der Waals surface area contributed by atoms with Crippen molar-refractivity contribution in [3.8, 4) is 0 Å². The molecule has 0 radical (unpaired) electrons. The van der Waals surface area contributed by atoms with Crippen molar-refractivity contribution in [2.75, 3.05) is 11.1 Å². The Morgan fingerprint density at radius 2 is 1.95 bits per heavy atom. The molecule has 0 saturated heterocycles. The highest BCUT2D eigenvalue weighted by molar-refractivity contribution is 5.86. The van der Waals surface area contributed by atoms with Crippen molar-refractivity contribution in [2.24, 2.45) is 0 Å². The number of nitrogen functional groups attached to an aromatic ring is 1. The van der Waals surface area contributed by atoms with E-state index in [1.165, 1.54) is 5.56 Å². The summed E-state index contributed by atoms with van der Waals surface area (Å²) in [6, 6.07) is 14.3. The van der Waals surface area contributed by atoms with Crippen LogP contribution in [0.4, 0.5) is 17.4 Å². The van der Waals surface area contributed by atoms with E-state index < -0.39 is 0 Å². The number of fused-ring (bicyclic) bond motifs is 1. The van der Waals surface area contributed by atoms with Gasteiger partial charge in [0.25, 0.3) is 6.01 Å². The van der Waals surface area contributed by atoms with Crippen LogP contribution in [-0.4, -0.2) is 4.98 Å². The van der Waals surface area contributed by atoms with E-state index in [-0.39, 0.29) is 0 Å². The summed E-state index contributed by atoms with van der Waals surface area (Å²) >= 11 is 0. The van der Waals surface area contributed by atoms with Gasteiger partial charge in [-0.05, 0) is 36.2 Å². The zero-order valence-electron chi connectivity index (χ0n) is 11.4. The lowest BCUT2D eigenvalue weighted by Gasteiger charge is -2.03. The van der Waals surface area contributed by atoms with Crippen LogP contribution in [-0.2, 0) is 6.42 Å². The molecular weight excluding hydrogens is 250 g/mol. The van der Waals surface area contributed by atoms with E-state index in [2.05, 4.69) is 29.4 Å². The minimum atomic E-state index is 0.459. The highest BCUT2D eigenvalue weighted by Gasteiger charge is 2.07. The van der Waals surface area contributed by atoms with Crippen molar-refractivity contribution < 1.29 is 4.42 Å². The third-order valence-electron chi connectivity index (χ3n) is 3.19. The number of aryl methyl sites for hydroxylation is 1. The molecule has 3 N–H and O–H groups in total. The fourth-order valence-corrected chi connectivity index (χ4v) is 2.19. The predicted molar refractivity (Wildman–Crippen MR) is 82.1 cm³/mol. The number of hydrogen-bond acceptors (Lipinski definition) is 4. The quantitative estimate of drug-likeness (QED) is 0.698. The van der Waals surface area contributed by atoms with Gasteiger partial charge in [-0.3, -0.25) is 0 Å². The maximum absolute atomic E-state index is 5.87. The molecule has 102 valence electrons. The van der Waals surface area contributed by atoms with Gasteiger partial charge >= 0.3 is 0 Å². The van der Waals surface area contributed by atoms with Crippen LogP contribution in [0.25, 0.3) is 11.1 Å². The fraction of sp³-hybridized carbons (Fsp3) is 0.188. The maximum Gasteiger partial charge on any atom is 0.300 e. The number of aromatic nitrogens is 1. The molecule has 0 saturated carbocycles. The van der Waals surface area contributed by atoms with Crippen LogP contribution in [0.1, 0.15) is 18.9 Å². The molecule has 4 heteroatoms. The Hall–Kier alpha value is -2.49. The Balaban J connectivity index is 1.83. The third-order valence-corrected chi connectivity index (χ3v) is 3.19. The highest BCUT2D eigenvalue weighted by Crippen LogP contribution is 2.25. The molecule has 0 spiro atoms. The van der Waals surface area contributed by atoms with E-state index in [0.717, 1.165) is 18.5 Å². The zero-order chi connectivity index (χ0) is 13.9. The van der Waals surface area contributed by atoms with Gasteiger partial charge in [0.2, 0.25) is 0 Å². The molecule has 0 amide bonds. The van der Waals surface area contributed by atoms with E-state index in [0.29, 0.717) is 22.8 Å². The van der Waals surface area contributed by atoms with Crippen LogP contribution >= 0.6 is 0 Å².